The zero-order valence-electron chi connectivity index (χ0n) is 13.1. The number of nitrogens with one attached hydrogen (secondary N) is 2. The Hall–Kier alpha value is -2.96. The van der Waals surface area contributed by atoms with Crippen molar-refractivity contribution in [3.8, 4) is 11.8 Å². The van der Waals surface area contributed by atoms with Crippen molar-refractivity contribution in [3.05, 3.63) is 59.9 Å². The van der Waals surface area contributed by atoms with E-state index in [4.69, 9.17) is 10.00 Å². The lowest BCUT2D eigenvalue weighted by atomic mass is 10.2. The number of carbonyl (C=O) groups excluding carboxylic acids is 1. The molecule has 1 atom stereocenters. The maximum atomic E-state index is 13.5. The summed E-state index contributed by atoms with van der Waals surface area (Å²) in [6.07, 6.45) is -1.15. The number of amides is 1. The van der Waals surface area contributed by atoms with Gasteiger partial charge in [-0.05, 0) is 37.3 Å². The highest BCUT2D eigenvalue weighted by molar-refractivity contribution is 7.89. The zero-order chi connectivity index (χ0) is 18.4. The Kier molecular flexibility index (Phi) is 5.69. The van der Waals surface area contributed by atoms with Crippen LogP contribution in [-0.2, 0) is 14.8 Å². The number of nitriles is 1. The van der Waals surface area contributed by atoms with Gasteiger partial charge in [0.05, 0.1) is 16.5 Å². The summed E-state index contributed by atoms with van der Waals surface area (Å²) < 4.78 is 42.8. The predicted molar refractivity (Wildman–Crippen MR) is 86.1 cm³/mol. The SMILES string of the molecule is C[C@@H](Oc1ccccc1F)C(=O)NNS(=O)(=O)c1cccc(C#N)c1. The first-order chi connectivity index (χ1) is 11.8. The minimum Gasteiger partial charge on any atom is -0.478 e. The van der Waals surface area contributed by atoms with E-state index in [1.165, 1.54) is 49.4 Å². The quantitative estimate of drug-likeness (QED) is 0.756. The van der Waals surface area contributed by atoms with E-state index in [1.54, 1.807) is 0 Å². The molecular weight excluding hydrogens is 349 g/mol. The molecule has 0 saturated carbocycles. The van der Waals surface area contributed by atoms with Crippen LogP contribution in [0.5, 0.6) is 5.75 Å². The van der Waals surface area contributed by atoms with Gasteiger partial charge in [-0.25, -0.2) is 12.8 Å². The van der Waals surface area contributed by atoms with Crippen LogP contribution >= 0.6 is 0 Å². The Balaban J connectivity index is 2.01. The predicted octanol–water partition coefficient (Wildman–Crippen LogP) is 1.47. The molecule has 0 aromatic heterocycles. The maximum absolute atomic E-state index is 13.5. The van der Waals surface area contributed by atoms with Gasteiger partial charge >= 0.3 is 0 Å². The second-order valence-electron chi connectivity index (χ2n) is 4.92. The summed E-state index contributed by atoms with van der Waals surface area (Å²) in [5.74, 6) is -1.59. The molecule has 2 aromatic rings. The second kappa shape index (κ2) is 7.74. The maximum Gasteiger partial charge on any atom is 0.275 e. The van der Waals surface area contributed by atoms with Crippen molar-refractivity contribution in [1.29, 1.82) is 5.26 Å². The molecule has 0 aliphatic rings. The molecule has 2 aromatic carbocycles. The fourth-order valence-corrected chi connectivity index (χ4v) is 2.69. The molecule has 0 spiro atoms. The summed E-state index contributed by atoms with van der Waals surface area (Å²) in [7, 11) is -4.07. The largest absolute Gasteiger partial charge is 0.478 e. The van der Waals surface area contributed by atoms with Crippen molar-refractivity contribution < 1.29 is 22.3 Å². The minimum atomic E-state index is -4.07. The molecule has 9 heteroatoms. The van der Waals surface area contributed by atoms with Crippen molar-refractivity contribution in [2.24, 2.45) is 0 Å². The van der Waals surface area contributed by atoms with E-state index < -0.39 is 27.9 Å². The molecule has 130 valence electrons. The van der Waals surface area contributed by atoms with E-state index in [2.05, 4.69) is 0 Å². The lowest BCUT2D eigenvalue weighted by molar-refractivity contribution is -0.127. The van der Waals surface area contributed by atoms with Gasteiger partial charge in [-0.15, -0.1) is 4.83 Å². The Morgan fingerprint density at radius 1 is 1.24 bits per heavy atom. The van der Waals surface area contributed by atoms with Gasteiger partial charge in [-0.3, -0.25) is 10.2 Å². The highest BCUT2D eigenvalue weighted by atomic mass is 32.2. The second-order valence-corrected chi connectivity index (χ2v) is 6.61. The van der Waals surface area contributed by atoms with Crippen LogP contribution in [0.1, 0.15) is 12.5 Å². The number of hydrazine groups is 1. The number of hydrogen-bond donors (Lipinski definition) is 2. The molecule has 7 nitrogen and oxygen atoms in total. The van der Waals surface area contributed by atoms with E-state index in [9.17, 15) is 17.6 Å². The van der Waals surface area contributed by atoms with Crippen molar-refractivity contribution in [2.45, 2.75) is 17.9 Å². The first kappa shape index (κ1) is 18.4. The molecule has 0 unspecified atom stereocenters. The molecule has 0 bridgehead atoms. The first-order valence-electron chi connectivity index (χ1n) is 7.06. The topological polar surface area (TPSA) is 108 Å². The molecule has 2 N–H and O–H groups in total. The van der Waals surface area contributed by atoms with Gasteiger partial charge < -0.3 is 4.74 Å². The average molecular weight is 363 g/mol. The number of carbonyl (C=O) groups is 1. The Morgan fingerprint density at radius 2 is 1.96 bits per heavy atom. The number of sulfonamides is 1. The fraction of sp³-hybridized carbons (Fsp3) is 0.125. The molecule has 0 fully saturated rings. The first-order valence-corrected chi connectivity index (χ1v) is 8.55. The number of hydrogen-bond acceptors (Lipinski definition) is 5. The summed E-state index contributed by atoms with van der Waals surface area (Å²) >= 11 is 0. The molecule has 0 saturated heterocycles. The van der Waals surface area contributed by atoms with Crippen LogP contribution in [0.15, 0.2) is 53.4 Å². The summed E-state index contributed by atoms with van der Waals surface area (Å²) in [5.41, 5.74) is 2.15. The standard InChI is InChI=1S/C16H14FN3O4S/c1-11(24-15-8-3-2-7-14(15)17)16(21)19-20-25(22,23)13-6-4-5-12(9-13)10-18/h2-9,11,20H,1H3,(H,19,21)/t11-/m1/s1. The van der Waals surface area contributed by atoms with Crippen LogP contribution in [0.3, 0.4) is 0 Å². The molecule has 25 heavy (non-hydrogen) atoms. The summed E-state index contributed by atoms with van der Waals surface area (Å²) in [6, 6.07) is 12.6. The van der Waals surface area contributed by atoms with Crippen LogP contribution in [0, 0.1) is 17.1 Å². The number of nitrogens with zero attached hydrogens (tertiary/aromatic N) is 1. The van der Waals surface area contributed by atoms with Crippen LogP contribution < -0.4 is 15.0 Å². The van der Waals surface area contributed by atoms with Gasteiger partial charge in [0.1, 0.15) is 0 Å². The van der Waals surface area contributed by atoms with Gasteiger partial charge in [0, 0.05) is 0 Å². The Labute approximate surface area is 144 Å². The number of benzene rings is 2. The van der Waals surface area contributed by atoms with Crippen molar-refractivity contribution in [2.75, 3.05) is 0 Å². The number of para-hydroxylation sites is 1. The lowest BCUT2D eigenvalue weighted by Gasteiger charge is -2.15. The minimum absolute atomic E-state index is 0.130. The van der Waals surface area contributed by atoms with Crippen molar-refractivity contribution >= 4 is 15.9 Å². The molecular formula is C16H14FN3O4S. The Bertz CT molecular complexity index is 925. The molecule has 0 heterocycles. The van der Waals surface area contributed by atoms with E-state index in [1.807, 2.05) is 16.3 Å². The molecule has 0 aliphatic heterocycles. The zero-order valence-corrected chi connectivity index (χ0v) is 13.9. The lowest BCUT2D eigenvalue weighted by Crippen LogP contribution is -2.47. The summed E-state index contributed by atoms with van der Waals surface area (Å²) in [4.78, 5) is 13.6. The fourth-order valence-electron chi connectivity index (χ4n) is 1.80. The molecule has 0 aliphatic carbocycles. The average Bonchev–Trinajstić information content (AvgIpc) is 2.61. The number of rotatable bonds is 6. The van der Waals surface area contributed by atoms with Crippen LogP contribution in [0.4, 0.5) is 4.39 Å². The summed E-state index contributed by atoms with van der Waals surface area (Å²) in [6.45, 7) is 1.34. The smallest absolute Gasteiger partial charge is 0.275 e. The van der Waals surface area contributed by atoms with Crippen molar-refractivity contribution in [1.82, 2.24) is 10.3 Å². The highest BCUT2D eigenvalue weighted by Gasteiger charge is 2.20. The molecule has 0 radical (unpaired) electrons. The third-order valence-corrected chi connectivity index (χ3v) is 4.34. The van der Waals surface area contributed by atoms with Gasteiger partial charge in [-0.1, -0.05) is 18.2 Å². The van der Waals surface area contributed by atoms with E-state index in [0.717, 1.165) is 6.07 Å². The van der Waals surface area contributed by atoms with E-state index in [-0.39, 0.29) is 16.2 Å². The van der Waals surface area contributed by atoms with E-state index in [0.29, 0.717) is 0 Å². The van der Waals surface area contributed by atoms with Gasteiger partial charge in [0.25, 0.3) is 15.9 Å². The van der Waals surface area contributed by atoms with Gasteiger partial charge in [0.2, 0.25) is 0 Å². The van der Waals surface area contributed by atoms with Gasteiger partial charge in [0.15, 0.2) is 17.7 Å². The van der Waals surface area contributed by atoms with E-state index >= 15 is 0 Å². The molecule has 2 rings (SSSR count). The highest BCUT2D eigenvalue weighted by Crippen LogP contribution is 2.17. The van der Waals surface area contributed by atoms with Crippen LogP contribution in [0.25, 0.3) is 0 Å². The third-order valence-electron chi connectivity index (χ3n) is 3.09. The number of ether oxygens (including phenoxy) is 1. The Morgan fingerprint density at radius 3 is 2.64 bits per heavy atom. The normalized spacial score (nSPS) is 12.0. The third kappa shape index (κ3) is 4.76. The van der Waals surface area contributed by atoms with Crippen LogP contribution in [-0.4, -0.2) is 20.4 Å². The van der Waals surface area contributed by atoms with Crippen molar-refractivity contribution in [3.63, 3.8) is 0 Å². The van der Waals surface area contributed by atoms with Crippen LogP contribution in [0.2, 0.25) is 0 Å². The van der Waals surface area contributed by atoms with Gasteiger partial charge in [-0.2, -0.15) is 5.26 Å². The monoisotopic (exact) mass is 363 g/mol. The molecule has 1 amide bonds. The number of halogens is 1. The summed E-state index contributed by atoms with van der Waals surface area (Å²) in [5, 5.41) is 8.80.